The second-order valence-corrected chi connectivity index (χ2v) is 8.98. The van der Waals surface area contributed by atoms with Crippen LogP contribution in [0.4, 0.5) is 0 Å². The monoisotopic (exact) mass is 434 g/mol. The Bertz CT molecular complexity index is 848. The minimum absolute atomic E-state index is 0.129. The number of benzene rings is 2. The Balaban J connectivity index is 2.18. The van der Waals surface area contributed by atoms with E-state index in [0.29, 0.717) is 23.0 Å². The fourth-order valence-electron chi connectivity index (χ4n) is 2.97. The Kier molecular flexibility index (Phi) is 8.12. The summed E-state index contributed by atoms with van der Waals surface area (Å²) >= 11 is 12.1. The Morgan fingerprint density at radius 2 is 1.66 bits per heavy atom. The molecule has 4 nitrogen and oxygen atoms in total. The lowest BCUT2D eigenvalue weighted by Gasteiger charge is -2.31. The van der Waals surface area contributed by atoms with Gasteiger partial charge in [-0.05, 0) is 57.4 Å². The molecule has 0 saturated heterocycles. The summed E-state index contributed by atoms with van der Waals surface area (Å²) in [6.45, 7) is 7.97. The van der Waals surface area contributed by atoms with Crippen molar-refractivity contribution in [1.82, 2.24) is 10.2 Å². The SMILES string of the molecule is C[C@H](C(=O)NC(C)(C)C)N(CCc1ccccc1)C(=O)Cc1ccc(Cl)c(Cl)c1. The van der Waals surface area contributed by atoms with Crippen molar-refractivity contribution in [3.8, 4) is 0 Å². The van der Waals surface area contributed by atoms with Crippen LogP contribution in [0, 0.1) is 0 Å². The first-order valence-electron chi connectivity index (χ1n) is 9.66. The van der Waals surface area contributed by atoms with E-state index in [9.17, 15) is 9.59 Å². The molecular formula is C23H28Cl2N2O2. The first-order chi connectivity index (χ1) is 13.6. The standard InChI is InChI=1S/C23H28Cl2N2O2/c1-16(22(29)26-23(2,3)4)27(13-12-17-8-6-5-7-9-17)21(28)15-18-10-11-19(24)20(25)14-18/h5-11,14,16H,12-13,15H2,1-4H3,(H,26,29)/t16-/m1/s1. The molecule has 0 aromatic heterocycles. The van der Waals surface area contributed by atoms with Crippen molar-refractivity contribution in [2.75, 3.05) is 6.54 Å². The second-order valence-electron chi connectivity index (χ2n) is 8.16. The number of hydrogen-bond acceptors (Lipinski definition) is 2. The van der Waals surface area contributed by atoms with E-state index in [2.05, 4.69) is 5.32 Å². The molecular weight excluding hydrogens is 407 g/mol. The largest absolute Gasteiger partial charge is 0.350 e. The molecule has 2 aromatic carbocycles. The normalized spacial score (nSPS) is 12.3. The minimum atomic E-state index is -0.590. The lowest BCUT2D eigenvalue weighted by Crippen LogP contribution is -2.53. The topological polar surface area (TPSA) is 49.4 Å². The first kappa shape index (κ1) is 23.2. The average molecular weight is 435 g/mol. The van der Waals surface area contributed by atoms with Crippen LogP contribution in [0.2, 0.25) is 10.0 Å². The van der Waals surface area contributed by atoms with Crippen LogP contribution in [0.3, 0.4) is 0 Å². The van der Waals surface area contributed by atoms with Crippen LogP contribution >= 0.6 is 23.2 Å². The van der Waals surface area contributed by atoms with Crippen LogP contribution in [-0.4, -0.2) is 34.8 Å². The van der Waals surface area contributed by atoms with Gasteiger partial charge in [0.15, 0.2) is 0 Å². The number of nitrogens with zero attached hydrogens (tertiary/aromatic N) is 1. The van der Waals surface area contributed by atoms with E-state index in [-0.39, 0.29) is 23.8 Å². The smallest absolute Gasteiger partial charge is 0.242 e. The molecule has 0 aliphatic rings. The zero-order valence-corrected chi connectivity index (χ0v) is 18.8. The number of rotatable bonds is 7. The van der Waals surface area contributed by atoms with Crippen LogP contribution in [0.15, 0.2) is 48.5 Å². The van der Waals surface area contributed by atoms with Gasteiger partial charge in [0.25, 0.3) is 0 Å². The number of hydrogen-bond donors (Lipinski definition) is 1. The first-order valence-corrected chi connectivity index (χ1v) is 10.4. The van der Waals surface area contributed by atoms with Gasteiger partial charge in [-0.25, -0.2) is 0 Å². The summed E-state index contributed by atoms with van der Waals surface area (Å²) in [5.41, 5.74) is 1.50. The Morgan fingerprint density at radius 3 is 2.24 bits per heavy atom. The third-order valence-corrected chi connectivity index (χ3v) is 5.23. The second kappa shape index (κ2) is 10.1. The van der Waals surface area contributed by atoms with Gasteiger partial charge in [-0.3, -0.25) is 9.59 Å². The number of amides is 2. The van der Waals surface area contributed by atoms with Crippen molar-refractivity contribution in [2.24, 2.45) is 0 Å². The molecule has 1 N–H and O–H groups in total. The third-order valence-electron chi connectivity index (χ3n) is 4.49. The molecule has 0 radical (unpaired) electrons. The molecule has 0 aliphatic carbocycles. The maximum Gasteiger partial charge on any atom is 0.242 e. The molecule has 156 valence electrons. The highest BCUT2D eigenvalue weighted by Crippen LogP contribution is 2.23. The van der Waals surface area contributed by atoms with E-state index in [0.717, 1.165) is 11.1 Å². The third kappa shape index (κ3) is 7.37. The van der Waals surface area contributed by atoms with Gasteiger partial charge in [-0.1, -0.05) is 59.6 Å². The van der Waals surface area contributed by atoms with Crippen molar-refractivity contribution in [3.05, 3.63) is 69.7 Å². The highest BCUT2D eigenvalue weighted by atomic mass is 35.5. The van der Waals surface area contributed by atoms with Gasteiger partial charge in [-0.15, -0.1) is 0 Å². The molecule has 0 spiro atoms. The maximum absolute atomic E-state index is 13.1. The Hall–Kier alpha value is -2.04. The number of nitrogens with one attached hydrogen (secondary N) is 1. The Labute approximate surface area is 183 Å². The molecule has 2 rings (SSSR count). The van der Waals surface area contributed by atoms with Crippen molar-refractivity contribution in [3.63, 3.8) is 0 Å². The van der Waals surface area contributed by atoms with Gasteiger partial charge in [0.1, 0.15) is 6.04 Å². The molecule has 29 heavy (non-hydrogen) atoms. The molecule has 1 atom stereocenters. The van der Waals surface area contributed by atoms with Crippen molar-refractivity contribution < 1.29 is 9.59 Å². The summed E-state index contributed by atoms with van der Waals surface area (Å²) in [7, 11) is 0. The molecule has 0 saturated carbocycles. The molecule has 0 bridgehead atoms. The number of halogens is 2. The van der Waals surface area contributed by atoms with E-state index in [1.54, 1.807) is 30.0 Å². The summed E-state index contributed by atoms with van der Waals surface area (Å²) < 4.78 is 0. The van der Waals surface area contributed by atoms with Crippen LogP contribution in [-0.2, 0) is 22.4 Å². The lowest BCUT2D eigenvalue weighted by molar-refractivity contribution is -0.140. The lowest BCUT2D eigenvalue weighted by atomic mass is 10.1. The van der Waals surface area contributed by atoms with Gasteiger partial charge in [0.2, 0.25) is 11.8 Å². The summed E-state index contributed by atoms with van der Waals surface area (Å²) in [6, 6.07) is 14.5. The van der Waals surface area contributed by atoms with Gasteiger partial charge in [0.05, 0.1) is 16.5 Å². The fraction of sp³-hybridized carbons (Fsp3) is 0.391. The zero-order chi connectivity index (χ0) is 21.6. The highest BCUT2D eigenvalue weighted by molar-refractivity contribution is 6.42. The van der Waals surface area contributed by atoms with Crippen LogP contribution in [0.1, 0.15) is 38.8 Å². The minimum Gasteiger partial charge on any atom is -0.350 e. The molecule has 0 fully saturated rings. The molecule has 0 unspecified atom stereocenters. The van der Waals surface area contributed by atoms with E-state index in [4.69, 9.17) is 23.2 Å². The van der Waals surface area contributed by atoms with Crippen LogP contribution in [0.5, 0.6) is 0 Å². The number of carbonyl (C=O) groups excluding carboxylic acids is 2. The zero-order valence-electron chi connectivity index (χ0n) is 17.3. The highest BCUT2D eigenvalue weighted by Gasteiger charge is 2.28. The average Bonchev–Trinajstić information content (AvgIpc) is 2.64. The van der Waals surface area contributed by atoms with E-state index >= 15 is 0 Å². The van der Waals surface area contributed by atoms with Gasteiger partial charge in [-0.2, -0.15) is 0 Å². The van der Waals surface area contributed by atoms with Crippen LogP contribution in [0.25, 0.3) is 0 Å². The predicted molar refractivity (Wildman–Crippen MR) is 119 cm³/mol. The summed E-state index contributed by atoms with van der Waals surface area (Å²) in [4.78, 5) is 27.5. The summed E-state index contributed by atoms with van der Waals surface area (Å²) in [6.07, 6.45) is 0.819. The molecule has 0 aliphatic heterocycles. The molecule has 0 heterocycles. The van der Waals surface area contributed by atoms with E-state index in [1.807, 2.05) is 51.1 Å². The molecule has 2 amide bonds. The van der Waals surface area contributed by atoms with Gasteiger partial charge in [0, 0.05) is 12.1 Å². The van der Waals surface area contributed by atoms with Crippen LogP contribution < -0.4 is 5.32 Å². The van der Waals surface area contributed by atoms with Gasteiger partial charge < -0.3 is 10.2 Å². The summed E-state index contributed by atoms with van der Waals surface area (Å²) in [5.74, 6) is -0.302. The maximum atomic E-state index is 13.1. The van der Waals surface area contributed by atoms with E-state index in [1.165, 1.54) is 0 Å². The van der Waals surface area contributed by atoms with E-state index < -0.39 is 6.04 Å². The predicted octanol–water partition coefficient (Wildman–Crippen LogP) is 4.91. The quantitative estimate of drug-likeness (QED) is 0.672. The van der Waals surface area contributed by atoms with Crippen molar-refractivity contribution in [1.29, 1.82) is 0 Å². The van der Waals surface area contributed by atoms with Crippen molar-refractivity contribution in [2.45, 2.75) is 52.1 Å². The molecule has 2 aromatic rings. The molecule has 6 heteroatoms. The van der Waals surface area contributed by atoms with Crippen molar-refractivity contribution >= 4 is 35.0 Å². The van der Waals surface area contributed by atoms with Gasteiger partial charge >= 0.3 is 0 Å². The Morgan fingerprint density at radius 1 is 1.00 bits per heavy atom. The number of carbonyl (C=O) groups is 2. The fourth-order valence-corrected chi connectivity index (χ4v) is 3.29. The summed E-state index contributed by atoms with van der Waals surface area (Å²) in [5, 5.41) is 3.82.